The second-order valence-corrected chi connectivity index (χ2v) is 7.17. The average Bonchev–Trinajstić information content (AvgIpc) is 3.17. The molecule has 0 aromatic heterocycles. The molecular formula is C17H31NO2. The zero-order valence-corrected chi connectivity index (χ0v) is 13.0. The summed E-state index contributed by atoms with van der Waals surface area (Å²) < 4.78 is 12.1. The van der Waals surface area contributed by atoms with Gasteiger partial charge in [0.1, 0.15) is 0 Å². The van der Waals surface area contributed by atoms with Gasteiger partial charge in [0.05, 0.1) is 18.3 Å². The van der Waals surface area contributed by atoms with Crippen LogP contribution in [-0.4, -0.2) is 37.5 Å². The minimum absolute atomic E-state index is 0.102. The molecule has 3 heteroatoms. The van der Waals surface area contributed by atoms with Crippen LogP contribution >= 0.6 is 0 Å². The van der Waals surface area contributed by atoms with Crippen LogP contribution in [0, 0.1) is 5.92 Å². The molecule has 116 valence electrons. The molecule has 1 N–H and O–H groups in total. The van der Waals surface area contributed by atoms with Gasteiger partial charge in [0.2, 0.25) is 0 Å². The third kappa shape index (κ3) is 3.96. The summed E-state index contributed by atoms with van der Waals surface area (Å²) in [6, 6.07) is 0.781. The minimum Gasteiger partial charge on any atom is -0.379 e. The summed E-state index contributed by atoms with van der Waals surface area (Å²) in [6.45, 7) is 5.06. The summed E-state index contributed by atoms with van der Waals surface area (Å²) in [4.78, 5) is 0. The molecule has 3 rings (SSSR count). The maximum Gasteiger partial charge on any atom is 0.0838 e. The number of rotatable bonds is 7. The van der Waals surface area contributed by atoms with Crippen molar-refractivity contribution < 1.29 is 9.47 Å². The predicted molar refractivity (Wildman–Crippen MR) is 80.9 cm³/mol. The molecule has 1 saturated heterocycles. The van der Waals surface area contributed by atoms with Gasteiger partial charge in [-0.25, -0.2) is 0 Å². The van der Waals surface area contributed by atoms with Gasteiger partial charge in [-0.3, -0.25) is 0 Å². The number of ether oxygens (including phenoxy) is 2. The maximum absolute atomic E-state index is 6.56. The van der Waals surface area contributed by atoms with Crippen LogP contribution in [0.3, 0.4) is 0 Å². The highest BCUT2D eigenvalue weighted by molar-refractivity contribution is 4.93. The van der Waals surface area contributed by atoms with E-state index in [2.05, 4.69) is 12.2 Å². The van der Waals surface area contributed by atoms with Gasteiger partial charge >= 0.3 is 0 Å². The Hall–Kier alpha value is -0.120. The lowest BCUT2D eigenvalue weighted by molar-refractivity contribution is -0.118. The Bertz CT molecular complexity index is 289. The smallest absolute Gasteiger partial charge is 0.0838 e. The van der Waals surface area contributed by atoms with Crippen LogP contribution in [0.2, 0.25) is 0 Å². The van der Waals surface area contributed by atoms with Gasteiger partial charge < -0.3 is 14.8 Å². The van der Waals surface area contributed by atoms with E-state index < -0.39 is 0 Å². The highest BCUT2D eigenvalue weighted by Gasteiger charge is 2.39. The zero-order valence-electron chi connectivity index (χ0n) is 13.0. The Kier molecular flexibility index (Phi) is 5.00. The van der Waals surface area contributed by atoms with E-state index in [1.165, 1.54) is 51.4 Å². The van der Waals surface area contributed by atoms with Gasteiger partial charge in [-0.1, -0.05) is 19.8 Å². The van der Waals surface area contributed by atoms with E-state index in [4.69, 9.17) is 9.47 Å². The molecule has 0 bridgehead atoms. The van der Waals surface area contributed by atoms with Crippen molar-refractivity contribution in [3.63, 3.8) is 0 Å². The summed E-state index contributed by atoms with van der Waals surface area (Å²) in [5.41, 5.74) is 0.102. The monoisotopic (exact) mass is 281 g/mol. The fraction of sp³-hybridized carbons (Fsp3) is 1.00. The number of hydrogen-bond acceptors (Lipinski definition) is 3. The van der Waals surface area contributed by atoms with Crippen LogP contribution in [0.15, 0.2) is 0 Å². The van der Waals surface area contributed by atoms with E-state index >= 15 is 0 Å². The molecule has 1 heterocycles. The lowest BCUT2D eigenvalue weighted by Crippen LogP contribution is -2.48. The molecule has 2 saturated carbocycles. The molecule has 0 amide bonds. The summed E-state index contributed by atoms with van der Waals surface area (Å²) in [6.07, 6.45) is 12.1. The summed E-state index contributed by atoms with van der Waals surface area (Å²) in [5, 5.41) is 3.72. The molecule has 3 fully saturated rings. The van der Waals surface area contributed by atoms with E-state index in [0.29, 0.717) is 6.10 Å². The molecule has 0 aromatic carbocycles. The fourth-order valence-electron chi connectivity index (χ4n) is 3.81. The molecule has 2 aliphatic carbocycles. The summed E-state index contributed by atoms with van der Waals surface area (Å²) in [7, 11) is 0. The number of hydrogen-bond donors (Lipinski definition) is 1. The van der Waals surface area contributed by atoms with Crippen molar-refractivity contribution in [1.29, 1.82) is 0 Å². The lowest BCUT2D eigenvalue weighted by atomic mass is 9.77. The normalized spacial score (nSPS) is 38.2. The summed E-state index contributed by atoms with van der Waals surface area (Å²) in [5.74, 6) is 0.942. The highest BCUT2D eigenvalue weighted by Crippen LogP contribution is 2.38. The van der Waals surface area contributed by atoms with Crippen LogP contribution in [-0.2, 0) is 9.47 Å². The van der Waals surface area contributed by atoms with Crippen molar-refractivity contribution in [2.45, 2.75) is 82.5 Å². The molecule has 3 aliphatic rings. The largest absolute Gasteiger partial charge is 0.379 e. The van der Waals surface area contributed by atoms with Crippen molar-refractivity contribution in [3.05, 3.63) is 0 Å². The van der Waals surface area contributed by atoms with Crippen LogP contribution in [0.5, 0.6) is 0 Å². The van der Waals surface area contributed by atoms with Crippen molar-refractivity contribution in [2.75, 3.05) is 19.8 Å². The van der Waals surface area contributed by atoms with Gasteiger partial charge in [0, 0.05) is 19.2 Å². The van der Waals surface area contributed by atoms with Crippen molar-refractivity contribution in [2.24, 2.45) is 5.92 Å². The molecule has 1 unspecified atom stereocenters. The SMILES string of the molecule is CCCC1CCC(CNC2CC2)(OC2CCOC2)CC1. The quantitative estimate of drug-likeness (QED) is 0.777. The van der Waals surface area contributed by atoms with Gasteiger partial charge in [-0.05, 0) is 50.9 Å². The Morgan fingerprint density at radius 1 is 1.15 bits per heavy atom. The van der Waals surface area contributed by atoms with Crippen molar-refractivity contribution >= 4 is 0 Å². The van der Waals surface area contributed by atoms with Crippen LogP contribution < -0.4 is 5.32 Å². The first-order valence-corrected chi connectivity index (χ1v) is 8.78. The van der Waals surface area contributed by atoms with E-state index in [-0.39, 0.29) is 5.60 Å². The second kappa shape index (κ2) is 6.76. The first-order chi connectivity index (χ1) is 9.80. The molecule has 1 atom stereocenters. The van der Waals surface area contributed by atoms with Crippen molar-refractivity contribution in [3.8, 4) is 0 Å². The molecular weight excluding hydrogens is 250 g/mol. The number of nitrogens with one attached hydrogen (secondary N) is 1. The fourth-order valence-corrected chi connectivity index (χ4v) is 3.81. The topological polar surface area (TPSA) is 30.5 Å². The molecule has 0 aromatic rings. The molecule has 20 heavy (non-hydrogen) atoms. The zero-order chi connectivity index (χ0) is 13.8. The third-order valence-electron chi connectivity index (χ3n) is 5.31. The van der Waals surface area contributed by atoms with E-state index in [1.54, 1.807) is 0 Å². The van der Waals surface area contributed by atoms with Crippen LogP contribution in [0.4, 0.5) is 0 Å². The first kappa shape index (κ1) is 14.8. The van der Waals surface area contributed by atoms with Crippen LogP contribution in [0.25, 0.3) is 0 Å². The Labute approximate surface area is 123 Å². The lowest BCUT2D eigenvalue weighted by Gasteiger charge is -2.42. The van der Waals surface area contributed by atoms with E-state index in [0.717, 1.165) is 38.1 Å². The van der Waals surface area contributed by atoms with E-state index in [9.17, 15) is 0 Å². The average molecular weight is 281 g/mol. The highest BCUT2D eigenvalue weighted by atomic mass is 16.6. The third-order valence-corrected chi connectivity index (χ3v) is 5.31. The molecule has 3 nitrogen and oxygen atoms in total. The summed E-state index contributed by atoms with van der Waals surface area (Å²) >= 11 is 0. The second-order valence-electron chi connectivity index (χ2n) is 7.17. The predicted octanol–water partition coefficient (Wildman–Crippen LogP) is 3.27. The maximum atomic E-state index is 6.56. The standard InChI is InChI=1S/C17H31NO2/c1-2-3-14-6-9-17(10-7-14,13-18-15-4-5-15)20-16-8-11-19-12-16/h14-16,18H,2-13H2,1H3. The molecule has 1 aliphatic heterocycles. The Balaban J connectivity index is 1.54. The molecule has 0 spiro atoms. The van der Waals surface area contributed by atoms with E-state index in [1.807, 2.05) is 0 Å². The van der Waals surface area contributed by atoms with Gasteiger partial charge in [0.15, 0.2) is 0 Å². The van der Waals surface area contributed by atoms with Crippen LogP contribution in [0.1, 0.15) is 64.7 Å². The minimum atomic E-state index is 0.102. The Morgan fingerprint density at radius 2 is 1.95 bits per heavy atom. The van der Waals surface area contributed by atoms with Gasteiger partial charge in [0.25, 0.3) is 0 Å². The first-order valence-electron chi connectivity index (χ1n) is 8.78. The van der Waals surface area contributed by atoms with Crippen molar-refractivity contribution in [1.82, 2.24) is 5.32 Å². The molecule has 0 radical (unpaired) electrons. The van der Waals surface area contributed by atoms with Gasteiger partial charge in [-0.2, -0.15) is 0 Å². The Morgan fingerprint density at radius 3 is 2.55 bits per heavy atom. The van der Waals surface area contributed by atoms with Gasteiger partial charge in [-0.15, -0.1) is 0 Å².